The van der Waals surface area contributed by atoms with Gasteiger partial charge in [0.15, 0.2) is 0 Å². The molecule has 0 aliphatic rings. The van der Waals surface area contributed by atoms with E-state index in [1.165, 1.54) is 45.3 Å². The molecule has 0 spiro atoms. The van der Waals surface area contributed by atoms with Crippen molar-refractivity contribution in [1.29, 1.82) is 0 Å². The Kier molecular flexibility index (Phi) is 11.9. The maximum Gasteiger partial charge on any atom is 0.271 e. The molecule has 0 unspecified atom stereocenters. The molecule has 0 aliphatic heterocycles. The van der Waals surface area contributed by atoms with E-state index in [4.69, 9.17) is 0 Å². The van der Waals surface area contributed by atoms with Crippen LogP contribution in [0.2, 0.25) is 0 Å². The van der Waals surface area contributed by atoms with Crippen molar-refractivity contribution in [1.82, 2.24) is 10.9 Å². The van der Waals surface area contributed by atoms with Crippen LogP contribution in [0.3, 0.4) is 0 Å². The fourth-order valence-corrected chi connectivity index (χ4v) is 6.76. The molecule has 0 aromatic heterocycles. The highest BCUT2D eigenvalue weighted by Crippen LogP contribution is 2.23. The predicted molar refractivity (Wildman–Crippen MR) is 204 cm³/mol. The molecule has 5 aromatic carbocycles. The van der Waals surface area contributed by atoms with Crippen LogP contribution in [0.4, 0.5) is 11.4 Å². The molecule has 5 aromatic rings. The molecule has 5 rings (SSSR count). The minimum absolute atomic E-state index is 0.162. The fraction of sp³-hybridized carbons (Fsp3) is 0.105. The average Bonchev–Trinajstić information content (AvgIpc) is 3.13. The SMILES string of the molecule is CS(=O)(=O)N(Cc1ccccc1)c1ccc(C(=O)NN=Cc2ccc(C=NNC(=O)c3ccc(N(Cc4ccccc4)S(C)(=O)=O)cc3)cc2)cc1. The lowest BCUT2D eigenvalue weighted by molar-refractivity contribution is 0.0947. The van der Waals surface area contributed by atoms with Crippen LogP contribution in [0.5, 0.6) is 0 Å². The number of anilines is 2. The van der Waals surface area contributed by atoms with Crippen LogP contribution < -0.4 is 19.5 Å². The number of rotatable bonds is 14. The van der Waals surface area contributed by atoms with Crippen molar-refractivity contribution in [3.05, 3.63) is 167 Å². The van der Waals surface area contributed by atoms with Gasteiger partial charge in [0, 0.05) is 11.1 Å². The third-order valence-corrected chi connectivity index (χ3v) is 9.95. The number of sulfonamides is 2. The number of carbonyl (C=O) groups is 2. The van der Waals surface area contributed by atoms with Crippen LogP contribution >= 0.6 is 0 Å². The van der Waals surface area contributed by atoms with E-state index < -0.39 is 31.9 Å². The van der Waals surface area contributed by atoms with Crippen LogP contribution in [-0.2, 0) is 33.1 Å². The molecule has 0 bridgehead atoms. The second-order valence-corrected chi connectivity index (χ2v) is 15.5. The molecule has 266 valence electrons. The third-order valence-electron chi connectivity index (χ3n) is 7.67. The quantitative estimate of drug-likeness (QED) is 0.119. The normalized spacial score (nSPS) is 11.7. The van der Waals surface area contributed by atoms with Gasteiger partial charge in [-0.3, -0.25) is 18.2 Å². The van der Waals surface area contributed by atoms with Gasteiger partial charge in [0.25, 0.3) is 11.8 Å². The van der Waals surface area contributed by atoms with Gasteiger partial charge < -0.3 is 0 Å². The highest BCUT2D eigenvalue weighted by Gasteiger charge is 2.20. The second-order valence-electron chi connectivity index (χ2n) is 11.7. The highest BCUT2D eigenvalue weighted by molar-refractivity contribution is 7.92. The Bertz CT molecular complexity index is 2100. The first-order valence-electron chi connectivity index (χ1n) is 15.9. The molecule has 0 heterocycles. The van der Waals surface area contributed by atoms with Gasteiger partial charge in [-0.25, -0.2) is 27.7 Å². The van der Waals surface area contributed by atoms with Gasteiger partial charge in [-0.1, -0.05) is 84.9 Å². The van der Waals surface area contributed by atoms with E-state index in [1.807, 2.05) is 60.7 Å². The summed E-state index contributed by atoms with van der Waals surface area (Å²) in [5, 5.41) is 8.02. The maximum atomic E-state index is 12.7. The summed E-state index contributed by atoms with van der Waals surface area (Å²) >= 11 is 0. The van der Waals surface area contributed by atoms with Gasteiger partial charge in [0.2, 0.25) is 20.0 Å². The first-order valence-corrected chi connectivity index (χ1v) is 19.6. The smallest absolute Gasteiger partial charge is 0.267 e. The van der Waals surface area contributed by atoms with Crippen molar-refractivity contribution in [2.45, 2.75) is 13.1 Å². The van der Waals surface area contributed by atoms with E-state index in [-0.39, 0.29) is 13.1 Å². The Balaban J connectivity index is 1.12. The summed E-state index contributed by atoms with van der Waals surface area (Å²) in [6.07, 6.45) is 5.21. The van der Waals surface area contributed by atoms with Gasteiger partial charge in [-0.2, -0.15) is 10.2 Å². The van der Waals surface area contributed by atoms with E-state index in [9.17, 15) is 26.4 Å². The first-order chi connectivity index (χ1) is 24.9. The Morgan fingerprint density at radius 1 is 0.519 bits per heavy atom. The van der Waals surface area contributed by atoms with E-state index >= 15 is 0 Å². The third kappa shape index (κ3) is 10.4. The van der Waals surface area contributed by atoms with E-state index in [2.05, 4.69) is 21.1 Å². The summed E-state index contributed by atoms with van der Waals surface area (Å²) in [6.45, 7) is 0.323. The summed E-state index contributed by atoms with van der Waals surface area (Å²) in [5.74, 6) is -0.934. The van der Waals surface area contributed by atoms with Crippen molar-refractivity contribution in [2.75, 3.05) is 21.1 Å². The average molecular weight is 737 g/mol. The van der Waals surface area contributed by atoms with Crippen molar-refractivity contribution in [3.63, 3.8) is 0 Å². The van der Waals surface area contributed by atoms with Crippen molar-refractivity contribution in [3.8, 4) is 0 Å². The summed E-state index contributed by atoms with van der Waals surface area (Å²) < 4.78 is 52.4. The highest BCUT2D eigenvalue weighted by atomic mass is 32.2. The van der Waals surface area contributed by atoms with Gasteiger partial charge in [-0.05, 0) is 70.8 Å². The number of hydrogen-bond acceptors (Lipinski definition) is 8. The minimum Gasteiger partial charge on any atom is -0.267 e. The number of hydrogen-bond donors (Lipinski definition) is 2. The molecule has 0 saturated heterocycles. The molecule has 0 radical (unpaired) electrons. The zero-order chi connectivity index (χ0) is 37.1. The molecule has 52 heavy (non-hydrogen) atoms. The first kappa shape index (κ1) is 37.1. The Hall–Kier alpha value is -6.12. The number of nitrogens with one attached hydrogen (secondary N) is 2. The molecular formula is C38H36N6O6S2. The Labute approximate surface area is 303 Å². The topological polar surface area (TPSA) is 158 Å². The lowest BCUT2D eigenvalue weighted by Gasteiger charge is -2.22. The number of amides is 2. The number of nitrogens with zero attached hydrogens (tertiary/aromatic N) is 4. The molecule has 12 nitrogen and oxygen atoms in total. The summed E-state index contributed by atoms with van der Waals surface area (Å²) in [6, 6.07) is 37.9. The molecule has 14 heteroatoms. The van der Waals surface area contributed by atoms with Crippen molar-refractivity contribution < 1.29 is 26.4 Å². The number of benzene rings is 5. The molecule has 0 fully saturated rings. The van der Waals surface area contributed by atoms with E-state index in [0.717, 1.165) is 23.6 Å². The zero-order valence-corrected chi connectivity index (χ0v) is 30.0. The van der Waals surface area contributed by atoms with E-state index in [1.54, 1.807) is 48.5 Å². The van der Waals surface area contributed by atoms with Crippen LogP contribution in [0, 0.1) is 0 Å². The lowest BCUT2D eigenvalue weighted by atomic mass is 10.1. The second kappa shape index (κ2) is 16.7. The van der Waals surface area contributed by atoms with Crippen LogP contribution in [0.1, 0.15) is 43.0 Å². The molecule has 2 N–H and O–H groups in total. The van der Waals surface area contributed by atoms with Crippen LogP contribution in [0.15, 0.2) is 144 Å². The van der Waals surface area contributed by atoms with Gasteiger partial charge in [0.05, 0.1) is 49.4 Å². The fourth-order valence-electron chi connectivity index (χ4n) is 4.98. The maximum absolute atomic E-state index is 12.7. The van der Waals surface area contributed by atoms with Gasteiger partial charge in [-0.15, -0.1) is 0 Å². The summed E-state index contributed by atoms with van der Waals surface area (Å²) in [5.41, 5.74) is 9.44. The minimum atomic E-state index is -3.57. The molecule has 2 amide bonds. The number of hydrazone groups is 2. The predicted octanol–water partition coefficient (Wildman–Crippen LogP) is 5.15. The monoisotopic (exact) mass is 736 g/mol. The van der Waals surface area contributed by atoms with Crippen LogP contribution in [0.25, 0.3) is 0 Å². The lowest BCUT2D eigenvalue weighted by Crippen LogP contribution is -2.29. The molecule has 0 aliphatic carbocycles. The summed E-state index contributed by atoms with van der Waals surface area (Å²) in [4.78, 5) is 25.3. The summed E-state index contributed by atoms with van der Waals surface area (Å²) in [7, 11) is -7.14. The van der Waals surface area contributed by atoms with Gasteiger partial charge in [0.1, 0.15) is 0 Å². The standard InChI is InChI=1S/C38H36N6O6S2/c1-51(47,48)43(27-31-9-5-3-6-10-31)35-21-17-33(18-22-35)37(45)41-39-25-29-13-15-30(16-14-29)26-40-42-38(46)34-19-23-36(24-20-34)44(52(2,49)50)28-32-11-7-4-8-12-32/h3-26H,27-28H2,1-2H3,(H,41,45)(H,42,46). The molecule has 0 atom stereocenters. The Morgan fingerprint density at radius 3 is 1.15 bits per heavy atom. The Morgan fingerprint density at radius 2 is 0.846 bits per heavy atom. The molecular weight excluding hydrogens is 701 g/mol. The number of carbonyl (C=O) groups excluding carboxylic acids is 2. The van der Waals surface area contributed by atoms with Crippen molar-refractivity contribution >= 4 is 55.7 Å². The van der Waals surface area contributed by atoms with Gasteiger partial charge >= 0.3 is 0 Å². The van der Waals surface area contributed by atoms with E-state index in [0.29, 0.717) is 33.6 Å². The van der Waals surface area contributed by atoms with Crippen molar-refractivity contribution in [2.24, 2.45) is 10.2 Å². The molecule has 0 saturated carbocycles. The largest absolute Gasteiger partial charge is 0.271 e. The zero-order valence-electron chi connectivity index (χ0n) is 28.3. The van der Waals surface area contributed by atoms with Crippen LogP contribution in [-0.4, -0.2) is 53.6 Å².